The first kappa shape index (κ1) is 48.2. The van der Waals surface area contributed by atoms with E-state index in [-0.39, 0.29) is 31.8 Å². The van der Waals surface area contributed by atoms with Crippen molar-refractivity contribution in [1.82, 2.24) is 0 Å². The molecule has 8 nitrogen and oxygen atoms in total. The summed E-state index contributed by atoms with van der Waals surface area (Å²) >= 11 is 1.67. The Balaban J connectivity index is 1.66. The minimum absolute atomic E-state index is 0.0275. The molecule has 1 heterocycles. The van der Waals surface area contributed by atoms with Crippen LogP contribution in [0.3, 0.4) is 0 Å². The van der Waals surface area contributed by atoms with Gasteiger partial charge in [0.15, 0.2) is 0 Å². The lowest BCUT2D eigenvalue weighted by molar-refractivity contribution is -0.142. The quantitative estimate of drug-likeness (QED) is 0.0313. The van der Waals surface area contributed by atoms with E-state index in [1.54, 1.807) is 26.0 Å². The molecule has 0 amide bonds. The molecule has 2 rings (SSSR count). The first-order valence-corrected chi connectivity index (χ1v) is 21.8. The zero-order valence-electron chi connectivity index (χ0n) is 34.2. The van der Waals surface area contributed by atoms with Gasteiger partial charge in [0, 0.05) is 32.0 Å². The highest BCUT2D eigenvalue weighted by Gasteiger charge is 2.48. The molecule has 1 aliphatic rings. The summed E-state index contributed by atoms with van der Waals surface area (Å²) in [7, 11) is 3.14. The minimum Gasteiger partial charge on any atom is -0.462 e. The predicted molar refractivity (Wildman–Crippen MR) is 220 cm³/mol. The summed E-state index contributed by atoms with van der Waals surface area (Å²) < 4.78 is 26.9. The van der Waals surface area contributed by atoms with Crippen LogP contribution in [0.4, 0.5) is 0 Å². The Kier molecular flexibility index (Phi) is 27.9. The monoisotopic (exact) mass is 775 g/mol. The van der Waals surface area contributed by atoms with Gasteiger partial charge in [0.05, 0.1) is 24.4 Å². The summed E-state index contributed by atoms with van der Waals surface area (Å²) in [5.74, 6) is 6.15. The number of thioether (sulfide) groups is 1. The van der Waals surface area contributed by atoms with Crippen molar-refractivity contribution in [3.8, 4) is 11.8 Å². The second-order valence-electron chi connectivity index (χ2n) is 15.0. The lowest BCUT2D eigenvalue weighted by Gasteiger charge is -2.26. The van der Waals surface area contributed by atoms with Crippen LogP contribution in [0.5, 0.6) is 0 Å². The largest absolute Gasteiger partial charge is 0.462 e. The molecular weight excluding hydrogens is 701 g/mol. The topological polar surface area (TPSA) is 104 Å². The number of esters is 1. The smallest absolute Gasteiger partial charge is 0.322 e. The van der Waals surface area contributed by atoms with E-state index in [1.165, 1.54) is 51.4 Å². The first-order chi connectivity index (χ1) is 26.3. The number of rotatable bonds is 33. The van der Waals surface area contributed by atoms with Crippen LogP contribution < -0.4 is 0 Å². The van der Waals surface area contributed by atoms with Gasteiger partial charge < -0.3 is 33.9 Å². The number of benzene rings is 1. The van der Waals surface area contributed by atoms with Crippen LogP contribution in [0.25, 0.3) is 0 Å². The predicted octanol–water partition coefficient (Wildman–Crippen LogP) is 10.3. The molecule has 1 aromatic carbocycles. The fourth-order valence-electron chi connectivity index (χ4n) is 7.05. The number of aliphatic hydroxyl groups excluding tert-OH is 2. The highest BCUT2D eigenvalue weighted by molar-refractivity contribution is 8.01. The maximum Gasteiger partial charge on any atom is 0.322 e. The summed E-state index contributed by atoms with van der Waals surface area (Å²) in [6, 6.07) is 10.2. The average Bonchev–Trinajstić information content (AvgIpc) is 3.45. The Labute approximate surface area is 332 Å². The van der Waals surface area contributed by atoms with Gasteiger partial charge in [-0.2, -0.15) is 0 Å². The Hall–Kier alpha value is -1.90. The Morgan fingerprint density at radius 1 is 0.815 bits per heavy atom. The van der Waals surface area contributed by atoms with Gasteiger partial charge >= 0.3 is 5.97 Å². The van der Waals surface area contributed by atoms with Gasteiger partial charge in [-0.3, -0.25) is 4.79 Å². The van der Waals surface area contributed by atoms with E-state index < -0.39 is 23.1 Å². The van der Waals surface area contributed by atoms with E-state index >= 15 is 0 Å². The minimum atomic E-state index is -0.789. The van der Waals surface area contributed by atoms with Crippen LogP contribution in [0.1, 0.15) is 155 Å². The molecule has 54 heavy (non-hydrogen) atoms. The number of unbranched alkanes of at least 4 members (excludes halogenated alkanes) is 14. The maximum atomic E-state index is 12.8. The normalized spacial score (nSPS) is 19.4. The summed E-state index contributed by atoms with van der Waals surface area (Å²) in [6.45, 7) is 4.44. The van der Waals surface area contributed by atoms with Gasteiger partial charge in [-0.1, -0.05) is 133 Å². The number of cyclic esters (lactones) is 1. The first-order valence-electron chi connectivity index (χ1n) is 21.0. The maximum absolute atomic E-state index is 12.8. The summed E-state index contributed by atoms with van der Waals surface area (Å²) in [4.78, 5) is 13.9. The van der Waals surface area contributed by atoms with Gasteiger partial charge in [0.1, 0.15) is 24.4 Å². The molecule has 1 unspecified atom stereocenters. The molecule has 1 saturated heterocycles. The third kappa shape index (κ3) is 21.4. The molecule has 308 valence electrons. The number of allylic oxidation sites excluding steroid dienone is 2. The molecule has 0 aromatic heterocycles. The van der Waals surface area contributed by atoms with Gasteiger partial charge in [0.2, 0.25) is 0 Å². The molecule has 0 radical (unpaired) electrons. The van der Waals surface area contributed by atoms with E-state index in [0.29, 0.717) is 19.3 Å². The van der Waals surface area contributed by atoms with Gasteiger partial charge in [-0.25, -0.2) is 0 Å². The van der Waals surface area contributed by atoms with Crippen LogP contribution in [-0.4, -0.2) is 79.3 Å². The molecule has 6 atom stereocenters. The van der Waals surface area contributed by atoms with Crippen molar-refractivity contribution in [2.24, 2.45) is 0 Å². The fourth-order valence-corrected chi connectivity index (χ4v) is 8.49. The van der Waals surface area contributed by atoms with E-state index in [4.69, 9.17) is 23.7 Å². The number of methoxy groups -OCH3 is 2. The number of carbonyl (C=O) groups excluding carboxylic acids is 1. The van der Waals surface area contributed by atoms with Crippen LogP contribution in [-0.2, 0) is 28.5 Å². The van der Waals surface area contributed by atoms with Crippen molar-refractivity contribution in [2.75, 3.05) is 27.8 Å². The standard InChI is InChI=1S/C45H74O8S/c1-5-6-7-8-9-10-13-16-19-25-30-42(51-36-49-3)40(46)32-33-41(47)43(52-37-50-4)31-26-20-17-14-11-12-15-18-21-27-34-45(35-38(2)53-44(45)48)54-39-28-23-22-24-29-39/h14,17,22-24,28-29,38,40-43,46-47H,5-13,15-16,18-19,21,25,27,30-37H2,1-4H3/b17-14+/t38-,40+,41-,42+,43-,45?/m0/s1. The molecule has 1 aromatic rings. The van der Waals surface area contributed by atoms with Gasteiger partial charge in [-0.15, -0.1) is 11.8 Å². The zero-order valence-corrected chi connectivity index (χ0v) is 35.0. The van der Waals surface area contributed by atoms with Crippen molar-refractivity contribution >= 4 is 17.7 Å². The van der Waals surface area contributed by atoms with Crippen molar-refractivity contribution in [3.63, 3.8) is 0 Å². The summed E-state index contributed by atoms with van der Waals surface area (Å²) in [5.41, 5.74) is 0. The number of ether oxygens (including phenoxy) is 5. The van der Waals surface area contributed by atoms with Crippen LogP contribution in [0.15, 0.2) is 47.4 Å². The average molecular weight is 775 g/mol. The molecular formula is C45H74O8S. The molecule has 0 bridgehead atoms. The third-order valence-corrected chi connectivity index (χ3v) is 11.6. The van der Waals surface area contributed by atoms with Gasteiger partial charge in [-0.05, 0) is 63.7 Å². The molecule has 0 spiro atoms. The second-order valence-corrected chi connectivity index (χ2v) is 16.4. The van der Waals surface area contributed by atoms with Crippen molar-refractivity contribution in [2.45, 2.75) is 195 Å². The number of aliphatic hydroxyl groups is 2. The number of hydrogen-bond donors (Lipinski definition) is 2. The molecule has 9 heteroatoms. The second kappa shape index (κ2) is 31.2. The lowest BCUT2D eigenvalue weighted by Crippen LogP contribution is -2.34. The number of hydrogen-bond acceptors (Lipinski definition) is 9. The SMILES string of the molecule is CCCCCCCCCCCC[C@@H](OCOC)[C@H](O)CC[C@H](O)[C@H](CC#C/C=C/CCCCCCCC1(Sc2ccccc2)C[C@H](C)OC1=O)OCOC. The van der Waals surface area contributed by atoms with Gasteiger partial charge in [0.25, 0.3) is 0 Å². The highest BCUT2D eigenvalue weighted by atomic mass is 32.2. The van der Waals surface area contributed by atoms with E-state index in [9.17, 15) is 15.0 Å². The number of carbonyl (C=O) groups is 1. The molecule has 0 aliphatic carbocycles. The summed E-state index contributed by atoms with van der Waals surface area (Å²) in [6.07, 6.45) is 24.2. The molecule has 1 aliphatic heterocycles. The highest BCUT2D eigenvalue weighted by Crippen LogP contribution is 2.46. The van der Waals surface area contributed by atoms with Crippen LogP contribution >= 0.6 is 11.8 Å². The van der Waals surface area contributed by atoms with Crippen LogP contribution in [0, 0.1) is 11.8 Å². The molecule has 1 fully saturated rings. The molecule has 0 saturated carbocycles. The van der Waals surface area contributed by atoms with E-state index in [1.807, 2.05) is 31.2 Å². The third-order valence-electron chi connectivity index (χ3n) is 10.2. The molecule has 2 N–H and O–H groups in total. The van der Waals surface area contributed by atoms with E-state index in [0.717, 1.165) is 75.5 Å². The van der Waals surface area contributed by atoms with Crippen molar-refractivity contribution in [1.29, 1.82) is 0 Å². The Morgan fingerprint density at radius 3 is 2.00 bits per heavy atom. The fraction of sp³-hybridized carbons (Fsp3) is 0.756. The van der Waals surface area contributed by atoms with E-state index in [2.05, 4.69) is 37.0 Å². The Morgan fingerprint density at radius 2 is 1.39 bits per heavy atom. The van der Waals surface area contributed by atoms with Crippen molar-refractivity contribution in [3.05, 3.63) is 42.5 Å². The van der Waals surface area contributed by atoms with Crippen molar-refractivity contribution < 1.29 is 38.7 Å². The Bertz CT molecular complexity index is 1150. The summed E-state index contributed by atoms with van der Waals surface area (Å²) in [5, 5.41) is 21.9. The zero-order chi connectivity index (χ0) is 39.1. The van der Waals surface area contributed by atoms with Crippen LogP contribution in [0.2, 0.25) is 0 Å². The lowest BCUT2D eigenvalue weighted by atomic mass is 9.96.